The van der Waals surface area contributed by atoms with Crippen molar-refractivity contribution in [3.8, 4) is 0 Å². The number of benzene rings is 1. The standard InChI is InChI=1S/C9HF6N/c10-2-1-3-4(6(12)5(2)11)7(13)8(14)9(15)16-3/h1H. The van der Waals surface area contributed by atoms with Crippen LogP contribution in [0.4, 0.5) is 26.3 Å². The van der Waals surface area contributed by atoms with Gasteiger partial charge in [0.15, 0.2) is 23.3 Å². The number of aromatic nitrogens is 1. The van der Waals surface area contributed by atoms with Gasteiger partial charge in [0, 0.05) is 6.07 Å². The maximum Gasteiger partial charge on any atom is 0.252 e. The highest BCUT2D eigenvalue weighted by Crippen LogP contribution is 2.26. The second-order valence-corrected chi connectivity index (χ2v) is 2.91. The van der Waals surface area contributed by atoms with Gasteiger partial charge < -0.3 is 0 Å². The van der Waals surface area contributed by atoms with Crippen LogP contribution in [0.3, 0.4) is 0 Å². The molecule has 2 aromatic rings. The molecule has 0 fully saturated rings. The number of hydrogen-bond donors (Lipinski definition) is 0. The Hall–Kier alpha value is -1.79. The fourth-order valence-corrected chi connectivity index (χ4v) is 1.23. The fourth-order valence-electron chi connectivity index (χ4n) is 1.23. The molecule has 84 valence electrons. The molecule has 0 atom stereocenters. The Bertz CT molecular complexity index is 546. The Morgan fingerprint density at radius 3 is 1.94 bits per heavy atom. The van der Waals surface area contributed by atoms with Crippen LogP contribution < -0.4 is 0 Å². The van der Waals surface area contributed by atoms with Crippen LogP contribution in [0.5, 0.6) is 0 Å². The summed E-state index contributed by atoms with van der Waals surface area (Å²) in [4.78, 5) is 2.77. The van der Waals surface area contributed by atoms with Crippen molar-refractivity contribution in [2.45, 2.75) is 0 Å². The summed E-state index contributed by atoms with van der Waals surface area (Å²) in [6.45, 7) is 0. The third kappa shape index (κ3) is 1.31. The van der Waals surface area contributed by atoms with E-state index in [2.05, 4.69) is 4.98 Å². The molecule has 0 N–H and O–H groups in total. The highest BCUT2D eigenvalue weighted by Gasteiger charge is 2.22. The normalized spacial score (nSPS) is 11.1. The van der Waals surface area contributed by atoms with Crippen molar-refractivity contribution in [2.24, 2.45) is 0 Å². The molecule has 0 amide bonds. The van der Waals surface area contributed by atoms with E-state index in [1.165, 1.54) is 0 Å². The van der Waals surface area contributed by atoms with E-state index >= 15 is 0 Å². The summed E-state index contributed by atoms with van der Waals surface area (Å²) in [5.41, 5.74) is -0.840. The summed E-state index contributed by atoms with van der Waals surface area (Å²) in [5.74, 6) is -11.4. The minimum atomic E-state index is -2.04. The molecule has 7 heteroatoms. The first-order valence-corrected chi connectivity index (χ1v) is 3.91. The van der Waals surface area contributed by atoms with Crippen LogP contribution in [0, 0.1) is 35.0 Å². The predicted octanol–water partition coefficient (Wildman–Crippen LogP) is 3.07. The van der Waals surface area contributed by atoms with E-state index in [-0.39, 0.29) is 6.07 Å². The number of fused-ring (bicyclic) bond motifs is 1. The van der Waals surface area contributed by atoms with E-state index in [0.29, 0.717) is 0 Å². The highest BCUT2D eigenvalue weighted by atomic mass is 19.2. The molecule has 0 aliphatic rings. The summed E-state index contributed by atoms with van der Waals surface area (Å²) >= 11 is 0. The lowest BCUT2D eigenvalue weighted by Gasteiger charge is -2.04. The van der Waals surface area contributed by atoms with Crippen molar-refractivity contribution in [1.82, 2.24) is 4.98 Å². The fraction of sp³-hybridized carbons (Fsp3) is 0. The lowest BCUT2D eigenvalue weighted by molar-refractivity contribution is 0.423. The lowest BCUT2D eigenvalue weighted by Crippen LogP contribution is -2.02. The molecular formula is C9HF6N. The van der Waals surface area contributed by atoms with Crippen LogP contribution in [-0.2, 0) is 0 Å². The van der Waals surface area contributed by atoms with Crippen molar-refractivity contribution < 1.29 is 26.3 Å². The molecule has 1 nitrogen and oxygen atoms in total. The van der Waals surface area contributed by atoms with Gasteiger partial charge in [0.1, 0.15) is 0 Å². The van der Waals surface area contributed by atoms with Crippen molar-refractivity contribution in [3.05, 3.63) is 41.1 Å². The maximum absolute atomic E-state index is 13.0. The van der Waals surface area contributed by atoms with Gasteiger partial charge in [0.05, 0.1) is 10.9 Å². The third-order valence-electron chi connectivity index (χ3n) is 1.95. The molecule has 0 saturated heterocycles. The van der Waals surface area contributed by atoms with Gasteiger partial charge in [0.2, 0.25) is 5.82 Å². The Labute approximate surface area is 84.3 Å². The lowest BCUT2D eigenvalue weighted by atomic mass is 10.2. The second-order valence-electron chi connectivity index (χ2n) is 2.91. The van der Waals surface area contributed by atoms with Crippen molar-refractivity contribution in [3.63, 3.8) is 0 Å². The van der Waals surface area contributed by atoms with Gasteiger partial charge in [-0.25, -0.2) is 22.5 Å². The predicted molar refractivity (Wildman–Crippen MR) is 41.5 cm³/mol. The summed E-state index contributed by atoms with van der Waals surface area (Å²) in [5, 5.41) is -1.22. The van der Waals surface area contributed by atoms with Crippen LogP contribution in [0.25, 0.3) is 10.9 Å². The smallest absolute Gasteiger partial charge is 0.217 e. The molecule has 0 bridgehead atoms. The van der Waals surface area contributed by atoms with Gasteiger partial charge in [0.25, 0.3) is 5.95 Å². The molecule has 1 aromatic carbocycles. The molecule has 0 unspecified atom stereocenters. The van der Waals surface area contributed by atoms with Crippen LogP contribution in [0.15, 0.2) is 6.07 Å². The minimum absolute atomic E-state index is 0.277. The van der Waals surface area contributed by atoms with Gasteiger partial charge in [-0.1, -0.05) is 0 Å². The summed E-state index contributed by atoms with van der Waals surface area (Å²) in [6.07, 6.45) is 0. The summed E-state index contributed by atoms with van der Waals surface area (Å²) in [7, 11) is 0. The van der Waals surface area contributed by atoms with Gasteiger partial charge in [-0.05, 0) is 0 Å². The topological polar surface area (TPSA) is 12.9 Å². The average molecular weight is 237 g/mol. The molecule has 1 aromatic heterocycles. The Kier molecular flexibility index (Phi) is 2.25. The maximum atomic E-state index is 13.0. The third-order valence-corrected chi connectivity index (χ3v) is 1.95. The SMILES string of the molecule is Fc1cc2nc(F)c(F)c(F)c2c(F)c1F. The van der Waals surface area contributed by atoms with Crippen LogP contribution in [0.1, 0.15) is 0 Å². The Morgan fingerprint density at radius 1 is 0.750 bits per heavy atom. The number of pyridine rings is 1. The Morgan fingerprint density at radius 2 is 1.31 bits per heavy atom. The molecule has 16 heavy (non-hydrogen) atoms. The zero-order chi connectivity index (χ0) is 12.0. The second kappa shape index (κ2) is 3.36. The molecule has 1 heterocycles. The zero-order valence-corrected chi connectivity index (χ0v) is 7.29. The molecule has 0 radical (unpaired) electrons. The molecule has 0 aliphatic carbocycles. The number of rotatable bonds is 0. The van der Waals surface area contributed by atoms with E-state index in [1.54, 1.807) is 0 Å². The van der Waals surface area contributed by atoms with Crippen molar-refractivity contribution >= 4 is 10.9 Å². The monoisotopic (exact) mass is 237 g/mol. The molecule has 0 spiro atoms. The average Bonchev–Trinajstić information content (AvgIpc) is 2.23. The minimum Gasteiger partial charge on any atom is -0.217 e. The quantitative estimate of drug-likeness (QED) is 0.390. The van der Waals surface area contributed by atoms with E-state index in [1.807, 2.05) is 0 Å². The van der Waals surface area contributed by atoms with Gasteiger partial charge in [-0.3, -0.25) is 0 Å². The largest absolute Gasteiger partial charge is 0.252 e. The van der Waals surface area contributed by atoms with Gasteiger partial charge in [-0.2, -0.15) is 8.78 Å². The van der Waals surface area contributed by atoms with Crippen LogP contribution in [-0.4, -0.2) is 4.98 Å². The van der Waals surface area contributed by atoms with Gasteiger partial charge in [-0.15, -0.1) is 0 Å². The Balaban J connectivity index is 3.03. The van der Waals surface area contributed by atoms with E-state index in [4.69, 9.17) is 0 Å². The van der Waals surface area contributed by atoms with Gasteiger partial charge >= 0.3 is 0 Å². The van der Waals surface area contributed by atoms with E-state index < -0.39 is 45.9 Å². The summed E-state index contributed by atoms with van der Waals surface area (Å²) in [6, 6.07) is 0.277. The van der Waals surface area contributed by atoms with E-state index in [0.717, 1.165) is 0 Å². The number of nitrogens with zero attached hydrogens (tertiary/aromatic N) is 1. The van der Waals surface area contributed by atoms with Crippen molar-refractivity contribution in [1.29, 1.82) is 0 Å². The molecular weight excluding hydrogens is 236 g/mol. The zero-order valence-electron chi connectivity index (χ0n) is 7.29. The van der Waals surface area contributed by atoms with E-state index in [9.17, 15) is 26.3 Å². The number of halogens is 6. The van der Waals surface area contributed by atoms with Crippen LogP contribution in [0.2, 0.25) is 0 Å². The number of hydrogen-bond acceptors (Lipinski definition) is 1. The summed E-state index contributed by atoms with van der Waals surface area (Å²) < 4.78 is 76.8. The highest BCUT2D eigenvalue weighted by molar-refractivity contribution is 5.80. The first kappa shape index (κ1) is 10.7. The molecule has 2 rings (SSSR count). The van der Waals surface area contributed by atoms with Crippen LogP contribution >= 0.6 is 0 Å². The molecule has 0 saturated carbocycles. The molecule has 0 aliphatic heterocycles. The van der Waals surface area contributed by atoms with Crippen molar-refractivity contribution in [2.75, 3.05) is 0 Å². The first-order valence-electron chi connectivity index (χ1n) is 3.91. The first-order chi connectivity index (χ1) is 7.43.